The molecular weight excluding hydrogens is 378 g/mol. The minimum Gasteiger partial charge on any atom is -0.383 e. The zero-order chi connectivity index (χ0) is 20.5. The zero-order valence-electron chi connectivity index (χ0n) is 17.6. The summed E-state index contributed by atoms with van der Waals surface area (Å²) in [7, 11) is 1.67. The summed E-state index contributed by atoms with van der Waals surface area (Å²) in [4.78, 5) is 20.6. The topological polar surface area (TPSA) is 65.2 Å². The Morgan fingerprint density at radius 2 is 2.07 bits per heavy atom. The van der Waals surface area contributed by atoms with E-state index in [2.05, 4.69) is 15.6 Å². The molecule has 2 aromatic heterocycles. The second-order valence-electron chi connectivity index (χ2n) is 8.37. The maximum Gasteiger partial charge on any atom is 0.261 e. The summed E-state index contributed by atoms with van der Waals surface area (Å²) in [5, 5.41) is 5.52. The first kappa shape index (κ1) is 19.5. The first-order valence-corrected chi connectivity index (χ1v) is 11.0. The first-order valence-electron chi connectivity index (χ1n) is 11.0. The zero-order valence-corrected chi connectivity index (χ0v) is 17.6. The van der Waals surface area contributed by atoms with E-state index in [1.807, 2.05) is 28.8 Å². The van der Waals surface area contributed by atoms with Crippen LogP contribution in [0.4, 0.5) is 0 Å². The molecular formula is C23H29N5O2. The lowest BCUT2D eigenvalue weighted by Crippen LogP contribution is -2.33. The molecule has 2 aliphatic heterocycles. The summed E-state index contributed by atoms with van der Waals surface area (Å²) < 4.78 is 9.29. The summed E-state index contributed by atoms with van der Waals surface area (Å²) in [6.07, 6.45) is 5.70. The fraction of sp³-hybridized carbons (Fsp3) is 0.522. The van der Waals surface area contributed by atoms with Gasteiger partial charge in [0, 0.05) is 25.9 Å². The monoisotopic (exact) mass is 407 g/mol. The highest BCUT2D eigenvalue weighted by molar-refractivity contribution is 5.77. The molecule has 0 bridgehead atoms. The summed E-state index contributed by atoms with van der Waals surface area (Å²) >= 11 is 0. The SMILES string of the molecule is COCCn1c(C2CCCN2Cc2cc3n(n2)CCCC3)nc2ccccc2c1=O. The van der Waals surface area contributed by atoms with Gasteiger partial charge in [-0.25, -0.2) is 4.98 Å². The number of ether oxygens (including phenoxy) is 1. The number of fused-ring (bicyclic) bond motifs is 2. The van der Waals surface area contributed by atoms with Crippen LogP contribution in [0.3, 0.4) is 0 Å². The summed E-state index contributed by atoms with van der Waals surface area (Å²) in [5.41, 5.74) is 3.28. The first-order chi connectivity index (χ1) is 14.7. The predicted octanol–water partition coefficient (Wildman–Crippen LogP) is 2.91. The average Bonchev–Trinajstić information content (AvgIpc) is 3.39. The van der Waals surface area contributed by atoms with Gasteiger partial charge in [0.1, 0.15) is 5.82 Å². The smallest absolute Gasteiger partial charge is 0.261 e. The van der Waals surface area contributed by atoms with Crippen LogP contribution >= 0.6 is 0 Å². The Kier molecular flexibility index (Phi) is 5.39. The minimum atomic E-state index is 0.0250. The van der Waals surface area contributed by atoms with Crippen molar-refractivity contribution in [1.82, 2.24) is 24.2 Å². The molecule has 4 heterocycles. The highest BCUT2D eigenvalue weighted by atomic mass is 16.5. The van der Waals surface area contributed by atoms with Crippen LogP contribution in [0.1, 0.15) is 48.9 Å². The van der Waals surface area contributed by atoms with Crippen molar-refractivity contribution < 1.29 is 4.74 Å². The molecule has 7 nitrogen and oxygen atoms in total. The molecule has 7 heteroatoms. The second kappa shape index (κ2) is 8.32. The molecule has 30 heavy (non-hydrogen) atoms. The van der Waals surface area contributed by atoms with Crippen LogP contribution in [0.2, 0.25) is 0 Å². The molecule has 0 saturated carbocycles. The molecule has 158 valence electrons. The van der Waals surface area contributed by atoms with Crippen molar-refractivity contribution in [3.63, 3.8) is 0 Å². The van der Waals surface area contributed by atoms with Gasteiger partial charge in [-0.2, -0.15) is 5.10 Å². The molecule has 1 unspecified atom stereocenters. The van der Waals surface area contributed by atoms with Crippen molar-refractivity contribution in [3.8, 4) is 0 Å². The number of nitrogens with zero attached hydrogens (tertiary/aromatic N) is 5. The molecule has 2 aliphatic rings. The summed E-state index contributed by atoms with van der Waals surface area (Å²) in [5.74, 6) is 0.859. The van der Waals surface area contributed by atoms with Gasteiger partial charge in [0.05, 0.1) is 35.8 Å². The fourth-order valence-corrected chi connectivity index (χ4v) is 4.91. The number of para-hydroxylation sites is 1. The molecule has 0 amide bonds. The van der Waals surface area contributed by atoms with Gasteiger partial charge >= 0.3 is 0 Å². The molecule has 1 atom stereocenters. The molecule has 1 aromatic carbocycles. The van der Waals surface area contributed by atoms with Crippen molar-refractivity contribution in [1.29, 1.82) is 0 Å². The maximum absolute atomic E-state index is 13.2. The molecule has 0 radical (unpaired) electrons. The lowest BCUT2D eigenvalue weighted by atomic mass is 10.1. The van der Waals surface area contributed by atoms with Crippen LogP contribution in [-0.2, 0) is 30.8 Å². The maximum atomic E-state index is 13.2. The number of likely N-dealkylation sites (tertiary alicyclic amines) is 1. The van der Waals surface area contributed by atoms with Crippen molar-refractivity contribution >= 4 is 10.9 Å². The Morgan fingerprint density at radius 3 is 2.93 bits per heavy atom. The van der Waals surface area contributed by atoms with Crippen LogP contribution in [0.15, 0.2) is 35.1 Å². The third-order valence-corrected chi connectivity index (χ3v) is 6.40. The Hall–Kier alpha value is -2.51. The second-order valence-corrected chi connectivity index (χ2v) is 8.37. The van der Waals surface area contributed by atoms with E-state index in [-0.39, 0.29) is 11.6 Å². The third kappa shape index (κ3) is 3.56. The van der Waals surface area contributed by atoms with Crippen LogP contribution in [0.25, 0.3) is 10.9 Å². The van der Waals surface area contributed by atoms with E-state index in [9.17, 15) is 4.79 Å². The van der Waals surface area contributed by atoms with Gasteiger partial charge in [-0.05, 0) is 56.8 Å². The number of aromatic nitrogens is 4. The highest BCUT2D eigenvalue weighted by Gasteiger charge is 2.31. The standard InChI is InChI=1S/C23H29N5O2/c1-30-14-13-27-22(24-20-9-3-2-8-19(20)23(27)29)21-10-6-11-26(21)16-17-15-18-7-4-5-12-28(18)25-17/h2-3,8-9,15,21H,4-7,10-14,16H2,1H3. The number of benzene rings is 1. The largest absolute Gasteiger partial charge is 0.383 e. The van der Waals surface area contributed by atoms with Crippen LogP contribution in [0, 0.1) is 0 Å². The quantitative estimate of drug-likeness (QED) is 0.629. The number of rotatable bonds is 6. The molecule has 0 aliphatic carbocycles. The molecule has 5 rings (SSSR count). The van der Waals surface area contributed by atoms with Crippen LogP contribution < -0.4 is 5.56 Å². The molecule has 0 N–H and O–H groups in total. The van der Waals surface area contributed by atoms with E-state index in [1.165, 1.54) is 18.5 Å². The average molecular weight is 408 g/mol. The van der Waals surface area contributed by atoms with E-state index < -0.39 is 0 Å². The van der Waals surface area contributed by atoms with Crippen molar-refractivity contribution in [2.45, 2.75) is 57.8 Å². The van der Waals surface area contributed by atoms with Crippen molar-refractivity contribution in [2.75, 3.05) is 20.3 Å². The number of aryl methyl sites for hydroxylation is 2. The van der Waals surface area contributed by atoms with Gasteiger partial charge in [0.2, 0.25) is 0 Å². The lowest BCUT2D eigenvalue weighted by molar-refractivity contribution is 0.178. The van der Waals surface area contributed by atoms with E-state index >= 15 is 0 Å². The van der Waals surface area contributed by atoms with E-state index in [0.717, 1.165) is 55.9 Å². The third-order valence-electron chi connectivity index (χ3n) is 6.40. The van der Waals surface area contributed by atoms with Crippen molar-refractivity contribution in [2.24, 2.45) is 0 Å². The predicted molar refractivity (Wildman–Crippen MR) is 115 cm³/mol. The lowest BCUT2D eigenvalue weighted by Gasteiger charge is -2.26. The Bertz CT molecular complexity index is 1080. The minimum absolute atomic E-state index is 0.0250. The number of hydrogen-bond donors (Lipinski definition) is 0. The molecule has 1 saturated heterocycles. The molecule has 1 fully saturated rings. The number of hydrogen-bond acceptors (Lipinski definition) is 5. The molecule has 0 spiro atoms. The van der Waals surface area contributed by atoms with Crippen molar-refractivity contribution in [3.05, 3.63) is 57.9 Å². The van der Waals surface area contributed by atoms with E-state index in [4.69, 9.17) is 14.8 Å². The van der Waals surface area contributed by atoms with Gasteiger partial charge in [0.25, 0.3) is 5.56 Å². The van der Waals surface area contributed by atoms with Gasteiger partial charge in [-0.3, -0.25) is 18.9 Å². The van der Waals surface area contributed by atoms with Crippen LogP contribution in [-0.4, -0.2) is 44.5 Å². The number of methoxy groups -OCH3 is 1. The normalized spacial score (nSPS) is 19.4. The van der Waals surface area contributed by atoms with Crippen LogP contribution in [0.5, 0.6) is 0 Å². The Morgan fingerprint density at radius 1 is 1.17 bits per heavy atom. The van der Waals surface area contributed by atoms with E-state index in [1.54, 1.807) is 7.11 Å². The van der Waals surface area contributed by atoms with Gasteiger partial charge < -0.3 is 4.74 Å². The Labute approximate surface area is 176 Å². The van der Waals surface area contributed by atoms with Gasteiger partial charge in [-0.1, -0.05) is 12.1 Å². The van der Waals surface area contributed by atoms with E-state index in [0.29, 0.717) is 18.5 Å². The molecule has 3 aromatic rings. The van der Waals surface area contributed by atoms with Gasteiger partial charge in [-0.15, -0.1) is 0 Å². The fourth-order valence-electron chi connectivity index (χ4n) is 4.91. The highest BCUT2D eigenvalue weighted by Crippen LogP contribution is 2.32. The summed E-state index contributed by atoms with van der Waals surface area (Å²) in [6, 6.07) is 10.0. The Balaban J connectivity index is 1.49. The summed E-state index contributed by atoms with van der Waals surface area (Å²) in [6.45, 7) is 3.85. The van der Waals surface area contributed by atoms with Gasteiger partial charge in [0.15, 0.2) is 0 Å².